The van der Waals surface area contributed by atoms with Crippen LogP contribution in [0.4, 0.5) is 8.78 Å². The van der Waals surface area contributed by atoms with Gasteiger partial charge in [-0.25, -0.2) is 19.2 Å². The monoisotopic (exact) mass is 266 g/mol. The molecule has 2 aromatic rings. The Labute approximate surface area is 108 Å². The quantitative estimate of drug-likeness (QED) is 0.645. The van der Waals surface area contributed by atoms with E-state index in [1.165, 1.54) is 31.6 Å². The highest BCUT2D eigenvalue weighted by Crippen LogP contribution is 2.28. The number of halogens is 2. The highest BCUT2D eigenvalue weighted by molar-refractivity contribution is 5.33. The van der Waals surface area contributed by atoms with E-state index in [0.717, 1.165) is 6.07 Å². The molecule has 1 aromatic heterocycles. The van der Waals surface area contributed by atoms with Gasteiger partial charge < -0.3 is 4.74 Å². The Bertz CT molecular complexity index is 579. The lowest BCUT2D eigenvalue weighted by Gasteiger charge is -2.18. The Kier molecular flexibility index (Phi) is 3.98. The van der Waals surface area contributed by atoms with E-state index >= 15 is 0 Å². The van der Waals surface area contributed by atoms with Gasteiger partial charge in [-0.05, 0) is 6.07 Å². The molecule has 3 N–H and O–H groups in total. The molecule has 5 nitrogen and oxygen atoms in total. The number of ether oxygens (including phenoxy) is 1. The van der Waals surface area contributed by atoms with E-state index in [2.05, 4.69) is 15.4 Å². The summed E-state index contributed by atoms with van der Waals surface area (Å²) in [5.41, 5.74) is 2.69. The standard InChI is InChI=1S/C12H12F2N4O/c1-19-12-11(16-5-6-17-12)10(18-15)7-3-2-4-8(13)9(7)14/h2-6,10,18H,15H2,1H3. The first-order valence-electron chi connectivity index (χ1n) is 5.44. The Morgan fingerprint density at radius 3 is 2.68 bits per heavy atom. The van der Waals surface area contributed by atoms with E-state index in [0.29, 0.717) is 0 Å². The largest absolute Gasteiger partial charge is 0.480 e. The number of hydrogen-bond donors (Lipinski definition) is 2. The molecule has 0 amide bonds. The smallest absolute Gasteiger partial charge is 0.237 e. The molecule has 0 radical (unpaired) electrons. The lowest BCUT2D eigenvalue weighted by Crippen LogP contribution is -2.31. The fourth-order valence-corrected chi connectivity index (χ4v) is 1.75. The van der Waals surface area contributed by atoms with Gasteiger partial charge in [0.2, 0.25) is 5.88 Å². The molecule has 0 bridgehead atoms. The molecule has 0 aliphatic carbocycles. The highest BCUT2D eigenvalue weighted by Gasteiger charge is 2.23. The molecule has 1 atom stereocenters. The van der Waals surface area contributed by atoms with Crippen molar-refractivity contribution in [3.05, 3.63) is 53.5 Å². The predicted octanol–water partition coefficient (Wildman–Crippen LogP) is 1.32. The second kappa shape index (κ2) is 5.68. The van der Waals surface area contributed by atoms with Crippen molar-refractivity contribution in [2.24, 2.45) is 5.84 Å². The second-order valence-electron chi connectivity index (χ2n) is 3.69. The van der Waals surface area contributed by atoms with E-state index in [1.807, 2.05) is 0 Å². The average molecular weight is 266 g/mol. The normalized spacial score (nSPS) is 12.2. The summed E-state index contributed by atoms with van der Waals surface area (Å²) in [4.78, 5) is 8.00. The summed E-state index contributed by atoms with van der Waals surface area (Å²) in [5, 5.41) is 0. The third-order valence-corrected chi connectivity index (χ3v) is 2.62. The van der Waals surface area contributed by atoms with Gasteiger partial charge in [-0.15, -0.1) is 0 Å². The van der Waals surface area contributed by atoms with Crippen LogP contribution < -0.4 is 16.0 Å². The van der Waals surface area contributed by atoms with Gasteiger partial charge in [0.1, 0.15) is 5.69 Å². The first kappa shape index (κ1) is 13.3. The Balaban J connectivity index is 2.53. The summed E-state index contributed by atoms with van der Waals surface area (Å²) in [7, 11) is 1.41. The molecule has 1 unspecified atom stereocenters. The first-order chi connectivity index (χ1) is 9.19. The zero-order valence-electron chi connectivity index (χ0n) is 10.1. The van der Waals surface area contributed by atoms with E-state index in [4.69, 9.17) is 10.6 Å². The van der Waals surface area contributed by atoms with Crippen LogP contribution in [0.25, 0.3) is 0 Å². The highest BCUT2D eigenvalue weighted by atomic mass is 19.2. The van der Waals surface area contributed by atoms with E-state index in [1.54, 1.807) is 0 Å². The molecule has 0 aliphatic rings. The molecule has 2 rings (SSSR count). The minimum atomic E-state index is -0.988. The number of nitrogens with two attached hydrogens (primary N) is 1. The summed E-state index contributed by atoms with van der Waals surface area (Å²) in [6.07, 6.45) is 2.84. The van der Waals surface area contributed by atoms with Crippen molar-refractivity contribution in [1.82, 2.24) is 15.4 Å². The third-order valence-electron chi connectivity index (χ3n) is 2.62. The van der Waals surface area contributed by atoms with Crippen LogP contribution in [0.5, 0.6) is 5.88 Å². The van der Waals surface area contributed by atoms with Gasteiger partial charge in [0.05, 0.1) is 13.2 Å². The maximum atomic E-state index is 13.8. The molecule has 7 heteroatoms. The zero-order valence-corrected chi connectivity index (χ0v) is 10.1. The molecular formula is C12H12F2N4O. The van der Waals surface area contributed by atoms with Gasteiger partial charge >= 0.3 is 0 Å². The molecule has 19 heavy (non-hydrogen) atoms. The molecule has 1 aromatic carbocycles. The number of methoxy groups -OCH3 is 1. The summed E-state index contributed by atoms with van der Waals surface area (Å²) in [6.45, 7) is 0. The fourth-order valence-electron chi connectivity index (χ4n) is 1.75. The number of benzene rings is 1. The van der Waals surface area contributed by atoms with Crippen molar-refractivity contribution in [3.8, 4) is 5.88 Å². The summed E-state index contributed by atoms with van der Waals surface area (Å²) < 4.78 is 32.1. The molecule has 1 heterocycles. The summed E-state index contributed by atoms with van der Waals surface area (Å²) in [6, 6.07) is 2.97. The topological polar surface area (TPSA) is 73.1 Å². The van der Waals surface area contributed by atoms with Crippen molar-refractivity contribution in [1.29, 1.82) is 0 Å². The van der Waals surface area contributed by atoms with Crippen molar-refractivity contribution < 1.29 is 13.5 Å². The lowest BCUT2D eigenvalue weighted by atomic mass is 10.0. The summed E-state index contributed by atoms with van der Waals surface area (Å²) >= 11 is 0. The maximum Gasteiger partial charge on any atom is 0.237 e. The van der Waals surface area contributed by atoms with Crippen LogP contribution in [0.2, 0.25) is 0 Å². The molecule has 0 spiro atoms. The number of hydrogen-bond acceptors (Lipinski definition) is 5. The van der Waals surface area contributed by atoms with Crippen LogP contribution in [0.3, 0.4) is 0 Å². The van der Waals surface area contributed by atoms with E-state index in [9.17, 15) is 8.78 Å². The molecular weight excluding hydrogens is 254 g/mol. The van der Waals surface area contributed by atoms with E-state index < -0.39 is 17.7 Å². The number of hydrazine groups is 1. The van der Waals surface area contributed by atoms with Gasteiger partial charge in [-0.1, -0.05) is 12.1 Å². The number of aromatic nitrogens is 2. The third kappa shape index (κ3) is 2.51. The van der Waals surface area contributed by atoms with Crippen LogP contribution in [0.1, 0.15) is 17.3 Å². The van der Waals surface area contributed by atoms with Gasteiger partial charge in [0, 0.05) is 18.0 Å². The maximum absolute atomic E-state index is 13.8. The fraction of sp³-hybridized carbons (Fsp3) is 0.167. The zero-order chi connectivity index (χ0) is 13.8. The van der Waals surface area contributed by atoms with Gasteiger partial charge in [0.25, 0.3) is 0 Å². The van der Waals surface area contributed by atoms with Gasteiger partial charge in [-0.2, -0.15) is 0 Å². The number of nitrogens with zero attached hydrogens (tertiary/aromatic N) is 2. The van der Waals surface area contributed by atoms with Crippen LogP contribution in [-0.4, -0.2) is 17.1 Å². The molecule has 0 fully saturated rings. The van der Waals surface area contributed by atoms with E-state index in [-0.39, 0.29) is 17.1 Å². The minimum absolute atomic E-state index is 0.0290. The Morgan fingerprint density at radius 2 is 2.00 bits per heavy atom. The molecule has 100 valence electrons. The van der Waals surface area contributed by atoms with Crippen molar-refractivity contribution in [3.63, 3.8) is 0 Å². The van der Waals surface area contributed by atoms with Crippen LogP contribution >= 0.6 is 0 Å². The lowest BCUT2D eigenvalue weighted by molar-refractivity contribution is 0.381. The van der Waals surface area contributed by atoms with Gasteiger partial charge in [0.15, 0.2) is 11.6 Å². The average Bonchev–Trinajstić information content (AvgIpc) is 2.45. The number of nitrogens with one attached hydrogen (secondary N) is 1. The van der Waals surface area contributed by atoms with Crippen molar-refractivity contribution in [2.45, 2.75) is 6.04 Å². The van der Waals surface area contributed by atoms with Gasteiger partial charge in [-0.3, -0.25) is 10.8 Å². The van der Waals surface area contributed by atoms with Crippen LogP contribution in [0, 0.1) is 11.6 Å². The summed E-state index contributed by atoms with van der Waals surface area (Å²) in [5.74, 6) is 3.66. The minimum Gasteiger partial charge on any atom is -0.480 e. The SMILES string of the molecule is COc1nccnc1C(NN)c1cccc(F)c1F. The van der Waals surface area contributed by atoms with Crippen LogP contribution in [0.15, 0.2) is 30.6 Å². The number of rotatable bonds is 4. The van der Waals surface area contributed by atoms with Crippen LogP contribution in [-0.2, 0) is 0 Å². The van der Waals surface area contributed by atoms with Crippen molar-refractivity contribution >= 4 is 0 Å². The molecule has 0 saturated heterocycles. The predicted molar refractivity (Wildman–Crippen MR) is 64.1 cm³/mol. The van der Waals surface area contributed by atoms with Crippen molar-refractivity contribution in [2.75, 3.05) is 7.11 Å². The first-order valence-corrected chi connectivity index (χ1v) is 5.44. The Hall–Kier alpha value is -2.12. The molecule has 0 aliphatic heterocycles. The second-order valence-corrected chi connectivity index (χ2v) is 3.69. The molecule has 0 saturated carbocycles. The Morgan fingerprint density at radius 1 is 1.26 bits per heavy atom.